The predicted octanol–water partition coefficient (Wildman–Crippen LogP) is 0.963. The average molecular weight is 263 g/mol. The van der Waals surface area contributed by atoms with Crippen LogP contribution in [0.2, 0.25) is 0 Å². The van der Waals surface area contributed by atoms with Gasteiger partial charge in [0.05, 0.1) is 6.10 Å². The molecule has 2 atom stereocenters. The van der Waals surface area contributed by atoms with Gasteiger partial charge in [-0.3, -0.25) is 4.79 Å². The molecule has 1 aromatic carbocycles. The van der Waals surface area contributed by atoms with Crippen molar-refractivity contribution in [3.63, 3.8) is 0 Å². The van der Waals surface area contributed by atoms with E-state index >= 15 is 0 Å². The number of aliphatic carboxylic acids is 1. The molecule has 0 spiro atoms. The second-order valence-corrected chi connectivity index (χ2v) is 5.02. The molecule has 2 rings (SSSR count). The van der Waals surface area contributed by atoms with Crippen molar-refractivity contribution in [3.8, 4) is 0 Å². The number of benzene rings is 1. The molecule has 2 N–H and O–H groups in total. The zero-order chi connectivity index (χ0) is 14.2. The van der Waals surface area contributed by atoms with Gasteiger partial charge in [0.2, 0.25) is 0 Å². The van der Waals surface area contributed by atoms with Gasteiger partial charge in [0, 0.05) is 18.5 Å². The molecular weight excluding hydrogens is 246 g/mol. The quantitative estimate of drug-likeness (QED) is 0.833. The van der Waals surface area contributed by atoms with Gasteiger partial charge < -0.3 is 15.1 Å². The number of nitrogens with zero attached hydrogens (tertiary/aromatic N) is 1. The minimum absolute atomic E-state index is 0.0726. The Kier molecular flexibility index (Phi) is 3.57. The number of carbonyl (C=O) groups is 2. The lowest BCUT2D eigenvalue weighted by Crippen LogP contribution is -2.40. The first kappa shape index (κ1) is 13.5. The van der Waals surface area contributed by atoms with Crippen molar-refractivity contribution >= 4 is 11.9 Å². The average Bonchev–Trinajstić information content (AvgIpc) is 2.74. The smallest absolute Gasteiger partial charge is 0.326 e. The third kappa shape index (κ3) is 2.61. The Bertz CT molecular complexity index is 526. The van der Waals surface area contributed by atoms with Crippen LogP contribution < -0.4 is 0 Å². The zero-order valence-corrected chi connectivity index (χ0v) is 11.0. The van der Waals surface area contributed by atoms with Crippen LogP contribution >= 0.6 is 0 Å². The lowest BCUT2D eigenvalue weighted by Gasteiger charge is -2.22. The van der Waals surface area contributed by atoms with E-state index in [0.717, 1.165) is 11.1 Å². The summed E-state index contributed by atoms with van der Waals surface area (Å²) >= 11 is 0. The number of aryl methyl sites for hydroxylation is 2. The maximum Gasteiger partial charge on any atom is 0.326 e. The second kappa shape index (κ2) is 5.01. The van der Waals surface area contributed by atoms with Crippen molar-refractivity contribution in [1.82, 2.24) is 4.90 Å². The van der Waals surface area contributed by atoms with Gasteiger partial charge in [-0.25, -0.2) is 4.79 Å². The zero-order valence-electron chi connectivity index (χ0n) is 11.0. The van der Waals surface area contributed by atoms with E-state index in [1.807, 2.05) is 26.0 Å². The molecule has 19 heavy (non-hydrogen) atoms. The summed E-state index contributed by atoms with van der Waals surface area (Å²) in [4.78, 5) is 24.8. The highest BCUT2D eigenvalue weighted by Gasteiger charge is 2.39. The number of likely N-dealkylation sites (tertiary alicyclic amines) is 1. The van der Waals surface area contributed by atoms with E-state index in [0.29, 0.717) is 5.56 Å². The largest absolute Gasteiger partial charge is 0.480 e. The first-order valence-corrected chi connectivity index (χ1v) is 6.19. The number of carbonyl (C=O) groups excluding carboxylic acids is 1. The fourth-order valence-corrected chi connectivity index (χ4v) is 2.39. The van der Waals surface area contributed by atoms with Crippen molar-refractivity contribution in [2.75, 3.05) is 6.54 Å². The van der Waals surface area contributed by atoms with Gasteiger partial charge in [-0.1, -0.05) is 17.7 Å². The number of β-amino-alcohol motifs (C(OH)–C–C–N with tert-alkyl or cyclic N) is 1. The van der Waals surface area contributed by atoms with Gasteiger partial charge >= 0.3 is 5.97 Å². The van der Waals surface area contributed by atoms with Crippen molar-refractivity contribution < 1.29 is 19.8 Å². The summed E-state index contributed by atoms with van der Waals surface area (Å²) in [6.07, 6.45) is -0.679. The Morgan fingerprint density at radius 3 is 2.63 bits per heavy atom. The molecule has 5 heteroatoms. The number of aliphatic hydroxyl groups excluding tert-OH is 1. The fourth-order valence-electron chi connectivity index (χ4n) is 2.39. The molecule has 5 nitrogen and oxygen atoms in total. The van der Waals surface area contributed by atoms with Gasteiger partial charge in [0.15, 0.2) is 0 Å². The summed E-state index contributed by atoms with van der Waals surface area (Å²) in [6, 6.07) is 4.55. The highest BCUT2D eigenvalue weighted by atomic mass is 16.4. The topological polar surface area (TPSA) is 77.8 Å². The number of carboxylic acids is 1. The van der Waals surface area contributed by atoms with Gasteiger partial charge in [-0.2, -0.15) is 0 Å². The molecule has 0 saturated carbocycles. The number of rotatable bonds is 2. The molecule has 0 unspecified atom stereocenters. The second-order valence-electron chi connectivity index (χ2n) is 5.02. The SMILES string of the molecule is Cc1ccc(C)c(C(=O)N2C[C@@H](O)C[C@H]2C(=O)O)c1. The maximum absolute atomic E-state index is 12.4. The van der Waals surface area contributed by atoms with Crippen LogP contribution in [0.1, 0.15) is 27.9 Å². The molecule has 1 fully saturated rings. The number of carboxylic acid groups (broad SMARTS) is 1. The highest BCUT2D eigenvalue weighted by Crippen LogP contribution is 2.22. The summed E-state index contributed by atoms with van der Waals surface area (Å²) in [6.45, 7) is 3.77. The molecule has 0 bridgehead atoms. The molecule has 1 amide bonds. The first-order valence-electron chi connectivity index (χ1n) is 6.19. The third-order valence-electron chi connectivity index (χ3n) is 3.45. The number of hydrogen-bond donors (Lipinski definition) is 2. The lowest BCUT2D eigenvalue weighted by molar-refractivity contribution is -0.141. The summed E-state index contributed by atoms with van der Waals surface area (Å²) in [5.41, 5.74) is 2.25. The molecule has 1 aliphatic rings. The molecule has 1 aliphatic heterocycles. The minimum Gasteiger partial charge on any atom is -0.480 e. The van der Waals surface area contributed by atoms with E-state index < -0.39 is 18.1 Å². The number of hydrogen-bond acceptors (Lipinski definition) is 3. The van der Waals surface area contributed by atoms with E-state index in [2.05, 4.69) is 0 Å². The van der Waals surface area contributed by atoms with Crippen LogP contribution in [0.15, 0.2) is 18.2 Å². The van der Waals surface area contributed by atoms with E-state index in [1.165, 1.54) is 4.90 Å². The van der Waals surface area contributed by atoms with Crippen LogP contribution in [0.5, 0.6) is 0 Å². The van der Waals surface area contributed by atoms with Crippen LogP contribution in [0, 0.1) is 13.8 Å². The van der Waals surface area contributed by atoms with E-state index in [4.69, 9.17) is 5.11 Å². The molecule has 0 aromatic heterocycles. The Morgan fingerprint density at radius 1 is 1.32 bits per heavy atom. The number of aliphatic hydroxyl groups is 1. The molecular formula is C14H17NO4. The molecule has 1 heterocycles. The maximum atomic E-state index is 12.4. The molecule has 0 radical (unpaired) electrons. The predicted molar refractivity (Wildman–Crippen MR) is 69.0 cm³/mol. The van der Waals surface area contributed by atoms with Crippen molar-refractivity contribution in [1.29, 1.82) is 0 Å². The van der Waals surface area contributed by atoms with Crippen LogP contribution in [-0.4, -0.2) is 45.7 Å². The number of amides is 1. The molecule has 1 aromatic rings. The van der Waals surface area contributed by atoms with Gasteiger partial charge in [-0.05, 0) is 25.5 Å². The Labute approximate surface area is 111 Å². The minimum atomic E-state index is -1.07. The molecule has 1 saturated heterocycles. The molecule has 0 aliphatic carbocycles. The van der Waals surface area contributed by atoms with Gasteiger partial charge in [0.25, 0.3) is 5.91 Å². The molecule has 102 valence electrons. The standard InChI is InChI=1S/C14H17NO4/c1-8-3-4-9(2)11(5-8)13(17)15-7-10(16)6-12(15)14(18)19/h3-5,10,12,16H,6-7H2,1-2H3,(H,18,19)/t10-,12-/m0/s1. The summed E-state index contributed by atoms with van der Waals surface area (Å²) in [7, 11) is 0. The third-order valence-corrected chi connectivity index (χ3v) is 3.45. The normalized spacial score (nSPS) is 22.6. The Morgan fingerprint density at radius 2 is 2.00 bits per heavy atom. The first-order chi connectivity index (χ1) is 8.90. The van der Waals surface area contributed by atoms with Crippen molar-refractivity contribution in [3.05, 3.63) is 34.9 Å². The summed E-state index contributed by atoms with van der Waals surface area (Å²) in [5, 5.41) is 18.7. The van der Waals surface area contributed by atoms with Crippen LogP contribution in [-0.2, 0) is 4.79 Å². The van der Waals surface area contributed by atoms with Crippen LogP contribution in [0.3, 0.4) is 0 Å². The van der Waals surface area contributed by atoms with E-state index in [9.17, 15) is 14.7 Å². The monoisotopic (exact) mass is 263 g/mol. The van der Waals surface area contributed by atoms with Gasteiger partial charge in [0.1, 0.15) is 6.04 Å². The Hall–Kier alpha value is -1.88. The van der Waals surface area contributed by atoms with E-state index in [1.54, 1.807) is 6.07 Å². The highest BCUT2D eigenvalue weighted by molar-refractivity contribution is 5.98. The summed E-state index contributed by atoms with van der Waals surface area (Å²) < 4.78 is 0. The van der Waals surface area contributed by atoms with Crippen LogP contribution in [0.4, 0.5) is 0 Å². The van der Waals surface area contributed by atoms with Crippen molar-refractivity contribution in [2.45, 2.75) is 32.4 Å². The summed E-state index contributed by atoms with van der Waals surface area (Å²) in [5.74, 6) is -1.40. The lowest BCUT2D eigenvalue weighted by atomic mass is 10.0. The van der Waals surface area contributed by atoms with Crippen molar-refractivity contribution in [2.24, 2.45) is 0 Å². The fraction of sp³-hybridized carbons (Fsp3) is 0.429. The van der Waals surface area contributed by atoms with Gasteiger partial charge in [-0.15, -0.1) is 0 Å². The van der Waals surface area contributed by atoms with E-state index in [-0.39, 0.29) is 18.9 Å². The van der Waals surface area contributed by atoms with Crippen LogP contribution in [0.25, 0.3) is 0 Å². The Balaban J connectivity index is 2.33.